The van der Waals surface area contributed by atoms with E-state index in [4.69, 9.17) is 5.73 Å². The van der Waals surface area contributed by atoms with Crippen LogP contribution in [0.2, 0.25) is 0 Å². The van der Waals surface area contributed by atoms with Gasteiger partial charge in [-0.05, 0) is 35.2 Å². The lowest BCUT2D eigenvalue weighted by molar-refractivity contribution is -0.151. The lowest BCUT2D eigenvalue weighted by Gasteiger charge is -2.44. The molecule has 4 aromatic rings. The number of rotatable bonds is 6. The maximum atomic E-state index is 13.4. The third-order valence-corrected chi connectivity index (χ3v) is 5.89. The number of anilines is 1. The smallest absolute Gasteiger partial charge is 0.325 e. The van der Waals surface area contributed by atoms with E-state index in [1.54, 1.807) is 18.3 Å². The molecule has 34 heavy (non-hydrogen) atoms. The number of hydrogen-bond donors (Lipinski definition) is 3. The summed E-state index contributed by atoms with van der Waals surface area (Å²) in [5.74, 6) is -0.207. The van der Waals surface area contributed by atoms with Gasteiger partial charge >= 0.3 is 6.03 Å². The normalized spacial score (nSPS) is 17.4. The first-order valence-electron chi connectivity index (χ1n) is 10.8. The van der Waals surface area contributed by atoms with Gasteiger partial charge < -0.3 is 11.1 Å². The largest absolute Gasteiger partial charge is 0.384 e. The number of tetrazole rings is 1. The molecule has 5 rings (SSSR count). The highest BCUT2D eigenvalue weighted by Gasteiger charge is 2.53. The van der Waals surface area contributed by atoms with E-state index in [0.717, 1.165) is 16.7 Å². The number of carbonyl (C=O) groups excluding carboxylic acids is 2. The molecule has 1 aliphatic heterocycles. The molecule has 2 aromatic heterocycles. The minimum Gasteiger partial charge on any atom is -0.384 e. The van der Waals surface area contributed by atoms with Crippen molar-refractivity contribution in [1.29, 1.82) is 0 Å². The maximum Gasteiger partial charge on any atom is 0.325 e. The molecule has 0 radical (unpaired) electrons. The molecular weight excluding hydrogens is 432 g/mol. The van der Waals surface area contributed by atoms with E-state index < -0.39 is 24.0 Å². The van der Waals surface area contributed by atoms with Crippen molar-refractivity contribution in [3.8, 4) is 0 Å². The number of nitrogen functional groups attached to an aromatic ring is 1. The summed E-state index contributed by atoms with van der Waals surface area (Å²) in [6, 6.07) is 21.1. The number of pyridine rings is 1. The Labute approximate surface area is 195 Å². The second-order valence-corrected chi connectivity index (χ2v) is 8.03. The van der Waals surface area contributed by atoms with Crippen LogP contribution < -0.4 is 11.1 Å². The van der Waals surface area contributed by atoms with Crippen molar-refractivity contribution in [2.45, 2.75) is 18.5 Å². The maximum absolute atomic E-state index is 13.4. The third kappa shape index (κ3) is 4.08. The summed E-state index contributed by atoms with van der Waals surface area (Å²) in [6.07, 6.45) is 1.96. The highest BCUT2D eigenvalue weighted by Crippen LogP contribution is 2.41. The first kappa shape index (κ1) is 21.3. The fourth-order valence-corrected chi connectivity index (χ4v) is 4.28. The van der Waals surface area contributed by atoms with Crippen LogP contribution in [0.3, 0.4) is 0 Å². The number of nitrogens with two attached hydrogens (primary N) is 1. The van der Waals surface area contributed by atoms with Crippen molar-refractivity contribution in [2.24, 2.45) is 5.92 Å². The zero-order chi connectivity index (χ0) is 23.5. The SMILES string of the molecule is Nc1cc(CC2C(=O)N(C(=O)NC(c3ccccc3)c3ccccc3)C2c2nn[nH]n2)ccn1. The minimum absolute atomic E-state index is 0.276. The van der Waals surface area contributed by atoms with Gasteiger partial charge in [-0.25, -0.2) is 9.78 Å². The van der Waals surface area contributed by atoms with Gasteiger partial charge in [-0.2, -0.15) is 5.21 Å². The lowest BCUT2D eigenvalue weighted by atomic mass is 9.82. The van der Waals surface area contributed by atoms with Crippen LogP contribution in [0.1, 0.15) is 34.6 Å². The average molecular weight is 454 g/mol. The Balaban J connectivity index is 1.42. The van der Waals surface area contributed by atoms with Crippen LogP contribution in [0.5, 0.6) is 0 Å². The Morgan fingerprint density at radius 1 is 1.06 bits per heavy atom. The van der Waals surface area contributed by atoms with Crippen molar-refractivity contribution >= 4 is 17.8 Å². The molecule has 2 atom stereocenters. The number of aromatic amines is 1. The molecule has 0 aliphatic carbocycles. The summed E-state index contributed by atoms with van der Waals surface area (Å²) in [7, 11) is 0. The molecule has 2 unspecified atom stereocenters. The number of nitrogens with zero attached hydrogens (tertiary/aromatic N) is 5. The second kappa shape index (κ2) is 9.10. The summed E-state index contributed by atoms with van der Waals surface area (Å²) >= 11 is 0. The summed E-state index contributed by atoms with van der Waals surface area (Å²) < 4.78 is 0. The van der Waals surface area contributed by atoms with Crippen molar-refractivity contribution in [3.63, 3.8) is 0 Å². The summed E-state index contributed by atoms with van der Waals surface area (Å²) in [5.41, 5.74) is 8.42. The van der Waals surface area contributed by atoms with Crippen LogP contribution in [0, 0.1) is 5.92 Å². The van der Waals surface area contributed by atoms with Gasteiger partial charge in [0.05, 0.1) is 12.0 Å². The molecule has 1 saturated heterocycles. The number of β-lactam (4-membered cyclic amide) rings is 1. The van der Waals surface area contributed by atoms with Gasteiger partial charge in [0.2, 0.25) is 5.91 Å². The average Bonchev–Trinajstić information content (AvgIpc) is 3.39. The van der Waals surface area contributed by atoms with Crippen LogP contribution in [0.25, 0.3) is 0 Å². The highest BCUT2D eigenvalue weighted by molar-refractivity contribution is 6.01. The molecule has 4 N–H and O–H groups in total. The van der Waals surface area contributed by atoms with Gasteiger partial charge in [0.15, 0.2) is 5.82 Å². The number of aromatic nitrogens is 5. The van der Waals surface area contributed by atoms with Gasteiger partial charge in [0.1, 0.15) is 11.9 Å². The number of likely N-dealkylation sites (tertiary alicyclic amines) is 1. The van der Waals surface area contributed by atoms with Crippen molar-refractivity contribution < 1.29 is 9.59 Å². The van der Waals surface area contributed by atoms with Crippen molar-refractivity contribution in [1.82, 2.24) is 35.8 Å². The third-order valence-electron chi connectivity index (χ3n) is 5.89. The molecule has 1 fully saturated rings. The van der Waals surface area contributed by atoms with Crippen LogP contribution in [-0.2, 0) is 11.2 Å². The van der Waals surface area contributed by atoms with Crippen LogP contribution in [0.15, 0.2) is 79.0 Å². The number of H-pyrrole nitrogens is 1. The Kier molecular flexibility index (Phi) is 5.69. The molecule has 3 heterocycles. The minimum atomic E-state index is -0.659. The number of amides is 3. The summed E-state index contributed by atoms with van der Waals surface area (Å²) in [6.45, 7) is 0. The van der Waals surface area contributed by atoms with Crippen LogP contribution in [0.4, 0.5) is 10.6 Å². The summed E-state index contributed by atoms with van der Waals surface area (Å²) in [5, 5.41) is 17.2. The predicted molar refractivity (Wildman–Crippen MR) is 123 cm³/mol. The first-order valence-corrected chi connectivity index (χ1v) is 10.8. The quantitative estimate of drug-likeness (QED) is 0.380. The fraction of sp³-hybridized carbons (Fsp3) is 0.167. The van der Waals surface area contributed by atoms with E-state index in [-0.39, 0.29) is 11.7 Å². The van der Waals surface area contributed by atoms with Gasteiger partial charge in [-0.1, -0.05) is 65.9 Å². The molecule has 10 heteroatoms. The topological polar surface area (TPSA) is 143 Å². The molecule has 0 spiro atoms. The van der Waals surface area contributed by atoms with E-state index >= 15 is 0 Å². The fourth-order valence-electron chi connectivity index (χ4n) is 4.28. The lowest BCUT2D eigenvalue weighted by Crippen LogP contribution is -2.61. The highest BCUT2D eigenvalue weighted by atomic mass is 16.2. The Morgan fingerprint density at radius 3 is 2.32 bits per heavy atom. The molecule has 0 bridgehead atoms. The van der Waals surface area contributed by atoms with Gasteiger partial charge in [-0.15, -0.1) is 10.2 Å². The molecule has 0 saturated carbocycles. The number of carbonyl (C=O) groups is 2. The Bertz CT molecular complexity index is 1240. The predicted octanol–water partition coefficient (Wildman–Crippen LogP) is 2.42. The number of benzene rings is 2. The van der Waals surface area contributed by atoms with Crippen molar-refractivity contribution in [3.05, 3.63) is 102 Å². The zero-order valence-electron chi connectivity index (χ0n) is 18.1. The first-order chi connectivity index (χ1) is 16.6. The molecule has 2 aromatic carbocycles. The van der Waals surface area contributed by atoms with Crippen LogP contribution >= 0.6 is 0 Å². The van der Waals surface area contributed by atoms with E-state index in [0.29, 0.717) is 12.2 Å². The number of imide groups is 1. The van der Waals surface area contributed by atoms with Crippen molar-refractivity contribution in [2.75, 3.05) is 5.73 Å². The standard InChI is InChI=1S/C24H22N8O2/c25-19-14-15(11-12-26-19)13-18-21(22-28-30-31-29-22)32(23(18)33)24(34)27-20(16-7-3-1-4-8-16)17-9-5-2-6-10-17/h1-12,14,18,20-21H,13H2,(H2,25,26)(H,27,34)(H,28,29,30,31). The Hall–Kier alpha value is -4.60. The molecule has 3 amide bonds. The molecular formula is C24H22N8O2. The molecule has 10 nitrogen and oxygen atoms in total. The monoisotopic (exact) mass is 454 g/mol. The van der Waals surface area contributed by atoms with Gasteiger partial charge in [-0.3, -0.25) is 9.69 Å². The molecule has 170 valence electrons. The molecule has 1 aliphatic rings. The van der Waals surface area contributed by atoms with E-state index in [9.17, 15) is 9.59 Å². The van der Waals surface area contributed by atoms with Gasteiger partial charge in [0, 0.05) is 6.20 Å². The number of urea groups is 1. The van der Waals surface area contributed by atoms with E-state index in [2.05, 4.69) is 30.9 Å². The van der Waals surface area contributed by atoms with E-state index in [1.807, 2.05) is 60.7 Å². The Morgan fingerprint density at radius 2 is 1.74 bits per heavy atom. The van der Waals surface area contributed by atoms with Crippen LogP contribution in [-0.4, -0.2) is 42.4 Å². The summed E-state index contributed by atoms with van der Waals surface area (Å²) in [4.78, 5) is 31.8. The zero-order valence-corrected chi connectivity index (χ0v) is 18.1. The second-order valence-electron chi connectivity index (χ2n) is 8.03. The number of hydrogen-bond acceptors (Lipinski definition) is 7. The van der Waals surface area contributed by atoms with E-state index in [1.165, 1.54) is 4.90 Å². The number of nitrogens with one attached hydrogen (secondary N) is 2. The van der Waals surface area contributed by atoms with Gasteiger partial charge in [0.25, 0.3) is 0 Å².